The molecule has 0 saturated carbocycles. The highest BCUT2D eigenvalue weighted by Crippen LogP contribution is 2.26. The molecule has 0 bridgehead atoms. The Morgan fingerprint density at radius 1 is 1.58 bits per heavy atom. The van der Waals surface area contributed by atoms with Gasteiger partial charge in [-0.3, -0.25) is 5.10 Å². The van der Waals surface area contributed by atoms with Crippen LogP contribution in [0.5, 0.6) is 0 Å². The van der Waals surface area contributed by atoms with Crippen molar-refractivity contribution >= 4 is 26.8 Å². The van der Waals surface area contributed by atoms with Gasteiger partial charge < -0.3 is 0 Å². The van der Waals surface area contributed by atoms with Gasteiger partial charge in [0.05, 0.1) is 10.7 Å². The molecule has 0 spiro atoms. The minimum absolute atomic E-state index is 0.275. The summed E-state index contributed by atoms with van der Waals surface area (Å²) < 4.78 is 13.9. The van der Waals surface area contributed by atoms with Crippen LogP contribution in [0.1, 0.15) is 5.56 Å². The third-order valence-electron chi connectivity index (χ3n) is 1.80. The number of aromatic amines is 1. The summed E-state index contributed by atoms with van der Waals surface area (Å²) in [6.45, 7) is 1.85. The number of hydrogen-bond acceptors (Lipinski definition) is 1. The number of benzene rings is 1. The molecule has 0 aliphatic carbocycles. The summed E-state index contributed by atoms with van der Waals surface area (Å²) in [5.74, 6) is -0.275. The zero-order chi connectivity index (χ0) is 8.72. The van der Waals surface area contributed by atoms with Crippen LogP contribution in [-0.2, 0) is 0 Å². The maximum Gasteiger partial charge on any atom is 0.163 e. The molecule has 0 amide bonds. The third kappa shape index (κ3) is 0.948. The fourth-order valence-electron chi connectivity index (χ4n) is 1.16. The van der Waals surface area contributed by atoms with E-state index in [2.05, 4.69) is 26.1 Å². The van der Waals surface area contributed by atoms with Crippen molar-refractivity contribution in [1.82, 2.24) is 10.2 Å². The molecule has 0 aliphatic rings. The molecule has 2 aromatic rings. The Morgan fingerprint density at radius 2 is 2.33 bits per heavy atom. The molecule has 1 heterocycles. The molecular formula is C8H6BrFN2. The summed E-state index contributed by atoms with van der Waals surface area (Å²) in [6.07, 6.45) is 1.61. The molecular weight excluding hydrogens is 223 g/mol. The second kappa shape index (κ2) is 2.55. The lowest BCUT2D eigenvalue weighted by molar-refractivity contribution is 0.628. The number of fused-ring (bicyclic) bond motifs is 1. The summed E-state index contributed by atoms with van der Waals surface area (Å²) in [5.41, 5.74) is 1.33. The van der Waals surface area contributed by atoms with E-state index in [1.54, 1.807) is 6.20 Å². The highest BCUT2D eigenvalue weighted by Gasteiger charge is 2.09. The van der Waals surface area contributed by atoms with Crippen LogP contribution in [-0.4, -0.2) is 10.2 Å². The average molecular weight is 229 g/mol. The van der Waals surface area contributed by atoms with E-state index in [-0.39, 0.29) is 5.82 Å². The molecule has 0 saturated heterocycles. The first-order valence-electron chi connectivity index (χ1n) is 3.48. The van der Waals surface area contributed by atoms with E-state index in [0.717, 1.165) is 10.9 Å². The van der Waals surface area contributed by atoms with Crippen LogP contribution in [0.15, 0.2) is 16.7 Å². The fraction of sp³-hybridized carbons (Fsp3) is 0.125. The van der Waals surface area contributed by atoms with Crippen LogP contribution in [0.4, 0.5) is 4.39 Å². The normalized spacial score (nSPS) is 10.9. The first kappa shape index (κ1) is 7.73. The molecule has 62 valence electrons. The molecule has 2 nitrogen and oxygen atoms in total. The first-order chi connectivity index (χ1) is 5.70. The zero-order valence-electron chi connectivity index (χ0n) is 6.36. The van der Waals surface area contributed by atoms with Gasteiger partial charge in [0, 0.05) is 5.39 Å². The van der Waals surface area contributed by atoms with Gasteiger partial charge in [-0.15, -0.1) is 0 Å². The van der Waals surface area contributed by atoms with Gasteiger partial charge in [0.25, 0.3) is 0 Å². The Balaban J connectivity index is 2.94. The maximum absolute atomic E-state index is 13.4. The van der Waals surface area contributed by atoms with Gasteiger partial charge in [0.15, 0.2) is 5.82 Å². The van der Waals surface area contributed by atoms with E-state index in [9.17, 15) is 4.39 Å². The minimum atomic E-state index is -0.275. The number of hydrogen-bond donors (Lipinski definition) is 1. The Kier molecular flexibility index (Phi) is 1.65. The summed E-state index contributed by atoms with van der Waals surface area (Å²) in [7, 11) is 0. The Labute approximate surface area is 76.9 Å². The molecule has 1 N–H and O–H groups in total. The predicted molar refractivity (Wildman–Crippen MR) is 48.5 cm³/mol. The summed E-state index contributed by atoms with van der Waals surface area (Å²) in [5, 5.41) is 7.16. The van der Waals surface area contributed by atoms with E-state index < -0.39 is 0 Å². The van der Waals surface area contributed by atoms with Gasteiger partial charge in [0.2, 0.25) is 0 Å². The molecule has 0 fully saturated rings. The number of halogens is 2. The molecule has 0 aliphatic heterocycles. The summed E-state index contributed by atoms with van der Waals surface area (Å²) in [6, 6.07) is 1.88. The van der Waals surface area contributed by atoms with Crippen LogP contribution in [0.3, 0.4) is 0 Å². The number of rotatable bonds is 0. The topological polar surface area (TPSA) is 28.7 Å². The number of nitrogens with one attached hydrogen (secondary N) is 1. The fourth-order valence-corrected chi connectivity index (χ4v) is 1.47. The largest absolute Gasteiger partial charge is 0.275 e. The van der Waals surface area contributed by atoms with Crippen LogP contribution >= 0.6 is 15.9 Å². The molecule has 0 unspecified atom stereocenters. The molecule has 1 aromatic heterocycles. The van der Waals surface area contributed by atoms with Gasteiger partial charge in [-0.2, -0.15) is 5.10 Å². The minimum Gasteiger partial charge on any atom is -0.275 e. The van der Waals surface area contributed by atoms with Crippen LogP contribution < -0.4 is 0 Å². The van der Waals surface area contributed by atoms with Crippen LogP contribution in [0.2, 0.25) is 0 Å². The van der Waals surface area contributed by atoms with Crippen molar-refractivity contribution in [2.75, 3.05) is 0 Å². The molecule has 0 atom stereocenters. The summed E-state index contributed by atoms with van der Waals surface area (Å²) in [4.78, 5) is 0. The monoisotopic (exact) mass is 228 g/mol. The van der Waals surface area contributed by atoms with Gasteiger partial charge in [0.1, 0.15) is 5.52 Å². The van der Waals surface area contributed by atoms with E-state index >= 15 is 0 Å². The second-order valence-corrected chi connectivity index (χ2v) is 3.45. The molecule has 0 radical (unpaired) electrons. The van der Waals surface area contributed by atoms with Crippen molar-refractivity contribution in [2.24, 2.45) is 0 Å². The van der Waals surface area contributed by atoms with E-state index in [1.807, 2.05) is 13.0 Å². The molecule has 12 heavy (non-hydrogen) atoms. The number of nitrogens with zero attached hydrogens (tertiary/aromatic N) is 1. The van der Waals surface area contributed by atoms with Crippen molar-refractivity contribution in [3.63, 3.8) is 0 Å². The smallest absolute Gasteiger partial charge is 0.163 e. The highest BCUT2D eigenvalue weighted by atomic mass is 79.9. The van der Waals surface area contributed by atoms with Gasteiger partial charge in [-0.1, -0.05) is 0 Å². The van der Waals surface area contributed by atoms with E-state index in [1.165, 1.54) is 0 Å². The van der Waals surface area contributed by atoms with E-state index in [0.29, 0.717) is 9.99 Å². The quantitative estimate of drug-likeness (QED) is 0.739. The standard InChI is InChI=1S/C8H6BrFN2/c1-4-2-5-3-11-12-8(5)7(10)6(4)9/h2-3H,1H3,(H,11,12). The third-order valence-corrected chi connectivity index (χ3v) is 2.77. The Bertz CT molecular complexity index is 436. The number of H-pyrrole nitrogens is 1. The lowest BCUT2D eigenvalue weighted by Crippen LogP contribution is -1.84. The van der Waals surface area contributed by atoms with E-state index in [4.69, 9.17) is 0 Å². The average Bonchev–Trinajstić information content (AvgIpc) is 2.48. The van der Waals surface area contributed by atoms with Crippen LogP contribution in [0.25, 0.3) is 10.9 Å². The molecule has 2 rings (SSSR count). The van der Waals surface area contributed by atoms with Gasteiger partial charge >= 0.3 is 0 Å². The van der Waals surface area contributed by atoms with Gasteiger partial charge in [-0.05, 0) is 34.5 Å². The predicted octanol–water partition coefficient (Wildman–Crippen LogP) is 2.77. The lowest BCUT2D eigenvalue weighted by Gasteiger charge is -1.99. The zero-order valence-corrected chi connectivity index (χ0v) is 7.94. The SMILES string of the molecule is Cc1cc2cn[nH]c2c(F)c1Br. The van der Waals surface area contributed by atoms with Crippen molar-refractivity contribution in [3.05, 3.63) is 28.1 Å². The first-order valence-corrected chi connectivity index (χ1v) is 4.27. The van der Waals surface area contributed by atoms with Crippen molar-refractivity contribution in [1.29, 1.82) is 0 Å². The Morgan fingerprint density at radius 3 is 3.08 bits per heavy atom. The number of aromatic nitrogens is 2. The maximum atomic E-state index is 13.4. The highest BCUT2D eigenvalue weighted by molar-refractivity contribution is 9.10. The Hall–Kier alpha value is -0.900. The lowest BCUT2D eigenvalue weighted by atomic mass is 10.2. The summed E-state index contributed by atoms with van der Waals surface area (Å²) >= 11 is 3.16. The molecule has 1 aromatic carbocycles. The second-order valence-electron chi connectivity index (χ2n) is 2.66. The van der Waals surface area contributed by atoms with Crippen molar-refractivity contribution in [2.45, 2.75) is 6.92 Å². The molecule has 4 heteroatoms. The van der Waals surface area contributed by atoms with Crippen molar-refractivity contribution in [3.8, 4) is 0 Å². The number of aryl methyl sites for hydroxylation is 1. The van der Waals surface area contributed by atoms with Crippen LogP contribution in [0, 0.1) is 12.7 Å². The van der Waals surface area contributed by atoms with Crippen molar-refractivity contribution < 1.29 is 4.39 Å². The van der Waals surface area contributed by atoms with Gasteiger partial charge in [-0.25, -0.2) is 4.39 Å².